The van der Waals surface area contributed by atoms with Gasteiger partial charge in [-0.2, -0.15) is 0 Å². The normalized spacial score (nSPS) is 20.6. The molecule has 2 atom stereocenters. The largest absolute Gasteiger partial charge is 0.447 e. The van der Waals surface area contributed by atoms with Crippen LogP contribution in [0, 0.1) is 5.92 Å². The highest BCUT2D eigenvalue weighted by Gasteiger charge is 2.50. The van der Waals surface area contributed by atoms with Gasteiger partial charge in [0.2, 0.25) is 0 Å². The molecule has 1 saturated carbocycles. The number of aromatic nitrogens is 2. The van der Waals surface area contributed by atoms with Crippen LogP contribution in [0.25, 0.3) is 5.57 Å². The Hall–Kier alpha value is -3.76. The van der Waals surface area contributed by atoms with Gasteiger partial charge in [-0.3, -0.25) is 4.90 Å². The first-order chi connectivity index (χ1) is 22.5. The average molecular weight is 667 g/mol. The van der Waals surface area contributed by atoms with E-state index in [9.17, 15) is 9.59 Å². The Kier molecular flexibility index (Phi) is 12.2. The third-order valence-electron chi connectivity index (χ3n) is 9.04. The summed E-state index contributed by atoms with van der Waals surface area (Å²) in [5, 5.41) is 3.79. The number of alkyl carbamates (subject to hydrolysis) is 1. The molecule has 2 amide bonds. The Morgan fingerprint density at radius 1 is 1.13 bits per heavy atom. The number of hydrogen-bond acceptors (Lipinski definition) is 7. The number of fused-ring (bicyclic) bond motifs is 1. The van der Waals surface area contributed by atoms with E-state index in [0.717, 1.165) is 40.8 Å². The quantitative estimate of drug-likeness (QED) is 0.308. The summed E-state index contributed by atoms with van der Waals surface area (Å²) in [6, 6.07) is 5.38. The van der Waals surface area contributed by atoms with Crippen LogP contribution in [-0.4, -0.2) is 69.4 Å². The van der Waals surface area contributed by atoms with E-state index in [1.165, 1.54) is 6.20 Å². The Bertz CT molecular complexity index is 1480. The lowest BCUT2D eigenvalue weighted by molar-refractivity contribution is 0.0477. The number of benzene rings is 1. The second-order valence-corrected chi connectivity index (χ2v) is 13.2. The van der Waals surface area contributed by atoms with Crippen molar-refractivity contribution in [2.75, 3.05) is 26.2 Å². The number of imidazole rings is 1. The van der Waals surface area contributed by atoms with Gasteiger partial charge in [-0.05, 0) is 85.7 Å². The maximum Gasteiger partial charge on any atom is 0.410 e. The number of nitrogens with two attached hydrogens (primary N) is 1. The summed E-state index contributed by atoms with van der Waals surface area (Å²) in [5.41, 5.74) is 10.1. The second-order valence-electron chi connectivity index (χ2n) is 12.7. The zero-order chi connectivity index (χ0) is 34.3. The number of nitrogens with zero attached hydrogens (tertiary/aromatic N) is 4. The molecule has 11 heteroatoms. The Morgan fingerprint density at radius 2 is 1.83 bits per heavy atom. The van der Waals surface area contributed by atoms with Crippen molar-refractivity contribution in [3.63, 3.8) is 0 Å². The molecule has 1 saturated heterocycles. The fourth-order valence-electron chi connectivity index (χ4n) is 6.30. The molecule has 2 aromatic rings. The maximum absolute atomic E-state index is 13.5. The number of allylic oxidation sites excluding steroid dienone is 3. The minimum atomic E-state index is -0.572. The lowest BCUT2D eigenvalue weighted by Crippen LogP contribution is -2.50. The molecule has 10 nitrogen and oxygen atoms in total. The van der Waals surface area contributed by atoms with Crippen molar-refractivity contribution in [3.05, 3.63) is 82.6 Å². The molecule has 1 aromatic heterocycles. The number of aryl methyl sites for hydroxylation is 1. The van der Waals surface area contributed by atoms with Gasteiger partial charge in [-0.1, -0.05) is 57.5 Å². The fourth-order valence-corrected chi connectivity index (χ4v) is 6.47. The molecule has 0 radical (unpaired) electrons. The Morgan fingerprint density at radius 3 is 2.40 bits per heavy atom. The number of carbonyl (C=O) groups is 2. The molecule has 1 aliphatic heterocycles. The first-order valence-corrected chi connectivity index (χ1v) is 17.1. The van der Waals surface area contributed by atoms with Gasteiger partial charge < -0.3 is 30.0 Å². The first-order valence-electron chi connectivity index (χ1n) is 16.8. The minimum absolute atomic E-state index is 0.0125. The molecule has 2 aliphatic carbocycles. The standard InChI is InChI=1S/C34H45ClN6O4.C2H6/c1-22(2)34(10-11-34)45-32(42)38-31(30-20-37-21-39(30)5)28-17-24(7-6-12-36)18-29(26-9-8-25(35)19-27(26)28)40-13-15-41(16-14-40)33(43)44-23(3)4;1-2/h6-9,12,17,19-23,29,31H,10-11,13-16,18,36H2,1-5H3,(H,38,42);1-2H3/b12-6-,24-7-;. The average Bonchev–Trinajstić information content (AvgIpc) is 3.74. The van der Waals surface area contributed by atoms with Gasteiger partial charge in [-0.15, -0.1) is 0 Å². The monoisotopic (exact) mass is 666 g/mol. The van der Waals surface area contributed by atoms with Crippen LogP contribution in [0.1, 0.15) is 89.7 Å². The molecule has 2 heterocycles. The van der Waals surface area contributed by atoms with Crippen molar-refractivity contribution in [1.82, 2.24) is 24.7 Å². The van der Waals surface area contributed by atoms with Crippen LogP contribution in [0.5, 0.6) is 0 Å². The summed E-state index contributed by atoms with van der Waals surface area (Å²) in [4.78, 5) is 34.7. The number of hydrogen-bond donors (Lipinski definition) is 2. The lowest BCUT2D eigenvalue weighted by Gasteiger charge is -2.39. The fraction of sp³-hybridized carbons (Fsp3) is 0.528. The zero-order valence-electron chi connectivity index (χ0n) is 28.8. The van der Waals surface area contributed by atoms with Crippen molar-refractivity contribution in [2.45, 2.75) is 84.6 Å². The van der Waals surface area contributed by atoms with E-state index < -0.39 is 17.7 Å². The van der Waals surface area contributed by atoms with E-state index in [2.05, 4.69) is 41.2 Å². The van der Waals surface area contributed by atoms with Crippen LogP contribution in [0.3, 0.4) is 0 Å². The predicted octanol–water partition coefficient (Wildman–Crippen LogP) is 7.15. The number of amides is 2. The smallest absolute Gasteiger partial charge is 0.410 e. The van der Waals surface area contributed by atoms with Gasteiger partial charge >= 0.3 is 12.2 Å². The Labute approximate surface area is 284 Å². The van der Waals surface area contributed by atoms with E-state index >= 15 is 0 Å². The van der Waals surface area contributed by atoms with Crippen molar-refractivity contribution >= 4 is 29.4 Å². The van der Waals surface area contributed by atoms with Crippen LogP contribution in [0.4, 0.5) is 9.59 Å². The van der Waals surface area contributed by atoms with Crippen LogP contribution in [0.2, 0.25) is 5.02 Å². The molecular weight excluding hydrogens is 616 g/mol. The number of nitrogens with one attached hydrogen (secondary N) is 1. The summed E-state index contributed by atoms with van der Waals surface area (Å²) >= 11 is 6.67. The molecule has 3 aliphatic rings. The Balaban J connectivity index is 0.00000245. The van der Waals surface area contributed by atoms with Crippen LogP contribution < -0.4 is 11.1 Å². The highest BCUT2D eigenvalue weighted by molar-refractivity contribution is 6.30. The first kappa shape index (κ1) is 36.1. The molecule has 2 fully saturated rings. The molecule has 5 rings (SSSR count). The van der Waals surface area contributed by atoms with Crippen molar-refractivity contribution < 1.29 is 19.1 Å². The van der Waals surface area contributed by atoms with E-state index in [-0.39, 0.29) is 24.2 Å². The number of halogens is 1. The highest BCUT2D eigenvalue weighted by Crippen LogP contribution is 2.47. The highest BCUT2D eigenvalue weighted by atomic mass is 35.5. The van der Waals surface area contributed by atoms with Crippen LogP contribution in [-0.2, 0) is 16.5 Å². The number of piperazine rings is 1. The maximum atomic E-state index is 13.5. The van der Waals surface area contributed by atoms with E-state index in [0.29, 0.717) is 37.6 Å². The minimum Gasteiger partial charge on any atom is -0.447 e. The topological polar surface area (TPSA) is 115 Å². The van der Waals surface area contributed by atoms with Crippen molar-refractivity contribution in [1.29, 1.82) is 0 Å². The summed E-state index contributed by atoms with van der Waals surface area (Å²) in [6.45, 7) is 14.4. The van der Waals surface area contributed by atoms with Crippen molar-refractivity contribution in [2.24, 2.45) is 18.7 Å². The van der Waals surface area contributed by atoms with Crippen LogP contribution in [0.15, 0.2) is 60.7 Å². The summed E-state index contributed by atoms with van der Waals surface area (Å²) in [7, 11) is 1.91. The SMILES string of the molecule is CC.CC(C)OC(=O)N1CCN(C2C/C(=C\C=C/N)C=C(C(NC(=O)OC3(C(C)C)CC3)c3cncn3C)c3cc(Cl)ccc32)CC1. The zero-order valence-corrected chi connectivity index (χ0v) is 29.6. The van der Waals surface area contributed by atoms with Crippen LogP contribution >= 0.6 is 11.6 Å². The van der Waals surface area contributed by atoms with Gasteiger partial charge in [0.05, 0.1) is 30.4 Å². The van der Waals surface area contributed by atoms with Crippen molar-refractivity contribution in [3.8, 4) is 0 Å². The summed E-state index contributed by atoms with van der Waals surface area (Å²) in [5.74, 6) is 0.223. The van der Waals surface area contributed by atoms with Gasteiger partial charge in [-0.25, -0.2) is 14.6 Å². The van der Waals surface area contributed by atoms with Gasteiger partial charge in [0.15, 0.2) is 0 Å². The molecule has 47 heavy (non-hydrogen) atoms. The van der Waals surface area contributed by atoms with Gasteiger partial charge in [0.25, 0.3) is 0 Å². The third-order valence-corrected chi connectivity index (χ3v) is 9.28. The molecule has 0 spiro atoms. The van der Waals surface area contributed by atoms with Gasteiger partial charge in [0.1, 0.15) is 5.60 Å². The third kappa shape index (κ3) is 8.59. The number of ether oxygens (including phenoxy) is 2. The molecule has 2 unspecified atom stereocenters. The number of rotatable bonds is 8. The van der Waals surface area contributed by atoms with E-state index in [4.69, 9.17) is 26.8 Å². The van der Waals surface area contributed by atoms with E-state index in [1.54, 1.807) is 17.4 Å². The number of carbonyl (C=O) groups excluding carboxylic acids is 2. The summed E-state index contributed by atoms with van der Waals surface area (Å²) in [6.07, 6.45) is 12.5. The summed E-state index contributed by atoms with van der Waals surface area (Å²) < 4.78 is 13.4. The second kappa shape index (κ2) is 15.9. The van der Waals surface area contributed by atoms with E-state index in [1.807, 2.05) is 63.6 Å². The molecular formula is C36H51ClN6O4. The lowest BCUT2D eigenvalue weighted by atomic mass is 9.90. The molecule has 1 aromatic carbocycles. The molecule has 3 N–H and O–H groups in total. The molecule has 256 valence electrons. The molecule has 0 bridgehead atoms. The van der Waals surface area contributed by atoms with Gasteiger partial charge in [0, 0.05) is 44.3 Å². The predicted molar refractivity (Wildman–Crippen MR) is 187 cm³/mol.